The van der Waals surface area contributed by atoms with Gasteiger partial charge in [-0.15, -0.1) is 0 Å². The molecule has 1 aliphatic rings. The number of allylic oxidation sites excluding steroid dienone is 1. The van der Waals surface area contributed by atoms with Crippen molar-refractivity contribution in [3.63, 3.8) is 0 Å². The Hall–Kier alpha value is -3.36. The third kappa shape index (κ3) is 4.38. The molecule has 0 bridgehead atoms. The van der Waals surface area contributed by atoms with Crippen molar-refractivity contribution in [1.82, 2.24) is 4.57 Å². The number of methoxy groups -OCH3 is 2. The summed E-state index contributed by atoms with van der Waals surface area (Å²) in [5.41, 5.74) is 1.90. The molecule has 1 unspecified atom stereocenters. The Balaban J connectivity index is 2.01. The van der Waals surface area contributed by atoms with Crippen LogP contribution in [0, 0.1) is 0 Å². The van der Waals surface area contributed by atoms with Crippen LogP contribution in [0.25, 0.3) is 6.08 Å². The van der Waals surface area contributed by atoms with Gasteiger partial charge >= 0.3 is 5.97 Å². The molecule has 1 aromatic heterocycles. The predicted molar refractivity (Wildman–Crippen MR) is 131 cm³/mol. The van der Waals surface area contributed by atoms with Gasteiger partial charge in [0.1, 0.15) is 17.5 Å². The minimum Gasteiger partial charge on any atom is -0.497 e. The second-order valence-corrected chi connectivity index (χ2v) is 8.91. The van der Waals surface area contributed by atoms with Crippen LogP contribution in [0.2, 0.25) is 5.02 Å². The number of esters is 1. The van der Waals surface area contributed by atoms with Gasteiger partial charge in [-0.2, -0.15) is 0 Å². The van der Waals surface area contributed by atoms with Crippen LogP contribution in [0.3, 0.4) is 0 Å². The highest BCUT2D eigenvalue weighted by Crippen LogP contribution is 2.37. The molecule has 0 saturated carbocycles. The predicted octanol–water partition coefficient (Wildman–Crippen LogP) is 3.47. The Morgan fingerprint density at radius 1 is 1.18 bits per heavy atom. The highest BCUT2D eigenvalue weighted by Gasteiger charge is 2.35. The maximum atomic E-state index is 13.7. The monoisotopic (exact) mass is 498 g/mol. The maximum absolute atomic E-state index is 13.7. The van der Waals surface area contributed by atoms with E-state index in [0.29, 0.717) is 37.1 Å². The van der Waals surface area contributed by atoms with Crippen LogP contribution in [0.4, 0.5) is 0 Å². The minimum atomic E-state index is -0.798. The molecule has 9 heteroatoms. The largest absolute Gasteiger partial charge is 0.497 e. The number of halogens is 1. The lowest BCUT2D eigenvalue weighted by Gasteiger charge is -2.26. The molecule has 0 saturated heterocycles. The van der Waals surface area contributed by atoms with Gasteiger partial charge in [-0.05, 0) is 55.8 Å². The summed E-state index contributed by atoms with van der Waals surface area (Å²) in [7, 11) is 3.09. The van der Waals surface area contributed by atoms with E-state index in [9.17, 15) is 9.59 Å². The summed E-state index contributed by atoms with van der Waals surface area (Å²) in [5.74, 6) is 0.539. The number of nitrogens with zero attached hydrogens (tertiary/aromatic N) is 2. The first-order valence-electron chi connectivity index (χ1n) is 10.5. The highest BCUT2D eigenvalue weighted by molar-refractivity contribution is 7.07. The van der Waals surface area contributed by atoms with Gasteiger partial charge in [0.2, 0.25) is 0 Å². The van der Waals surface area contributed by atoms with Crippen molar-refractivity contribution in [3.05, 3.63) is 89.6 Å². The molecule has 0 N–H and O–H groups in total. The van der Waals surface area contributed by atoms with Crippen molar-refractivity contribution < 1.29 is 19.0 Å². The van der Waals surface area contributed by atoms with Crippen LogP contribution in [-0.4, -0.2) is 31.4 Å². The van der Waals surface area contributed by atoms with Gasteiger partial charge in [0.05, 0.1) is 36.6 Å². The van der Waals surface area contributed by atoms with Crippen LogP contribution in [0.5, 0.6) is 11.5 Å². The standard InChI is InChI=1S/C25H23ClN2O5S/c1-5-33-24(30)21-14(2)27-25-28(22(21)18-13-17(31-3)10-11-19(18)32-4)23(29)20(34-25)12-15-6-8-16(26)9-7-15/h6-13,22H,5H2,1-4H3. The first kappa shape index (κ1) is 23.8. The number of rotatable bonds is 6. The van der Waals surface area contributed by atoms with Gasteiger partial charge < -0.3 is 14.2 Å². The topological polar surface area (TPSA) is 79.1 Å². The molecule has 1 atom stereocenters. The van der Waals surface area contributed by atoms with Crippen LogP contribution in [0.1, 0.15) is 31.0 Å². The number of benzene rings is 2. The average Bonchev–Trinajstić information content (AvgIpc) is 3.13. The number of carbonyl (C=O) groups excluding carboxylic acids is 1. The van der Waals surface area contributed by atoms with Crippen molar-refractivity contribution in [2.75, 3.05) is 20.8 Å². The number of aromatic nitrogens is 1. The molecule has 0 amide bonds. The first-order chi connectivity index (χ1) is 16.4. The summed E-state index contributed by atoms with van der Waals surface area (Å²) in [6, 6.07) is 11.7. The summed E-state index contributed by atoms with van der Waals surface area (Å²) < 4.78 is 18.3. The lowest BCUT2D eigenvalue weighted by Crippen LogP contribution is -2.40. The number of fused-ring (bicyclic) bond motifs is 1. The molecular weight excluding hydrogens is 476 g/mol. The third-order valence-electron chi connectivity index (χ3n) is 5.42. The van der Waals surface area contributed by atoms with Crippen LogP contribution in [-0.2, 0) is 9.53 Å². The lowest BCUT2D eigenvalue weighted by molar-refractivity contribution is -0.139. The van der Waals surface area contributed by atoms with Gasteiger partial charge in [-0.25, -0.2) is 9.79 Å². The Morgan fingerprint density at radius 3 is 2.56 bits per heavy atom. The van der Waals surface area contributed by atoms with Crippen molar-refractivity contribution >= 4 is 35.0 Å². The molecule has 0 spiro atoms. The summed E-state index contributed by atoms with van der Waals surface area (Å²) in [4.78, 5) is 31.8. The Kier molecular flexibility index (Phi) is 6.90. The molecule has 176 valence electrons. The van der Waals surface area contributed by atoms with E-state index in [1.807, 2.05) is 12.1 Å². The SMILES string of the molecule is CCOC(=O)C1=C(C)N=c2sc(=Cc3ccc(Cl)cc3)c(=O)n2C1c1cc(OC)ccc1OC. The average molecular weight is 499 g/mol. The number of carbonyl (C=O) groups is 1. The van der Waals surface area contributed by atoms with E-state index in [1.54, 1.807) is 57.4 Å². The number of hydrogen-bond acceptors (Lipinski definition) is 7. The van der Waals surface area contributed by atoms with Crippen molar-refractivity contribution in [3.8, 4) is 11.5 Å². The number of ether oxygens (including phenoxy) is 3. The van der Waals surface area contributed by atoms with Gasteiger partial charge in [0.15, 0.2) is 4.80 Å². The van der Waals surface area contributed by atoms with E-state index >= 15 is 0 Å². The second-order valence-electron chi connectivity index (χ2n) is 7.46. The fraction of sp³-hybridized carbons (Fsp3) is 0.240. The smallest absolute Gasteiger partial charge is 0.338 e. The van der Waals surface area contributed by atoms with Crippen LogP contribution in [0.15, 0.2) is 63.5 Å². The van der Waals surface area contributed by atoms with E-state index in [2.05, 4.69) is 4.99 Å². The Morgan fingerprint density at radius 2 is 1.91 bits per heavy atom. The summed E-state index contributed by atoms with van der Waals surface area (Å²) >= 11 is 7.24. The zero-order valence-electron chi connectivity index (χ0n) is 19.1. The lowest BCUT2D eigenvalue weighted by atomic mass is 9.94. The Bertz CT molecular complexity index is 1450. The van der Waals surface area contributed by atoms with Gasteiger partial charge in [-0.1, -0.05) is 35.1 Å². The fourth-order valence-electron chi connectivity index (χ4n) is 3.85. The first-order valence-corrected chi connectivity index (χ1v) is 11.7. The molecule has 0 radical (unpaired) electrons. The van der Waals surface area contributed by atoms with Gasteiger partial charge in [0, 0.05) is 10.6 Å². The minimum absolute atomic E-state index is 0.193. The molecular formula is C25H23ClN2O5S. The van der Waals surface area contributed by atoms with Crippen LogP contribution < -0.4 is 24.4 Å². The zero-order valence-corrected chi connectivity index (χ0v) is 20.7. The molecule has 1 aliphatic heterocycles. The van der Waals surface area contributed by atoms with Crippen LogP contribution >= 0.6 is 22.9 Å². The Labute approximate surface area is 205 Å². The molecule has 3 aromatic rings. The van der Waals surface area contributed by atoms with E-state index in [4.69, 9.17) is 25.8 Å². The molecule has 7 nitrogen and oxygen atoms in total. The fourth-order valence-corrected chi connectivity index (χ4v) is 5.02. The van der Waals surface area contributed by atoms with Crippen molar-refractivity contribution in [2.24, 2.45) is 4.99 Å². The summed E-state index contributed by atoms with van der Waals surface area (Å²) in [6.07, 6.45) is 1.78. The summed E-state index contributed by atoms with van der Waals surface area (Å²) in [6.45, 7) is 3.66. The zero-order chi connectivity index (χ0) is 24.4. The van der Waals surface area contributed by atoms with Gasteiger partial charge in [-0.3, -0.25) is 9.36 Å². The molecule has 4 rings (SSSR count). The molecule has 2 aromatic carbocycles. The second kappa shape index (κ2) is 9.87. The van der Waals surface area contributed by atoms with E-state index in [-0.39, 0.29) is 17.7 Å². The summed E-state index contributed by atoms with van der Waals surface area (Å²) in [5, 5.41) is 0.610. The molecule has 2 heterocycles. The number of hydrogen-bond donors (Lipinski definition) is 0. The van der Waals surface area contributed by atoms with E-state index in [1.165, 1.54) is 23.0 Å². The van der Waals surface area contributed by atoms with Crippen molar-refractivity contribution in [1.29, 1.82) is 0 Å². The van der Waals surface area contributed by atoms with Crippen molar-refractivity contribution in [2.45, 2.75) is 19.9 Å². The quantitative estimate of drug-likeness (QED) is 0.486. The van der Waals surface area contributed by atoms with E-state index in [0.717, 1.165) is 5.56 Å². The highest BCUT2D eigenvalue weighted by atomic mass is 35.5. The molecule has 0 fully saturated rings. The number of thiazole rings is 1. The van der Waals surface area contributed by atoms with Gasteiger partial charge in [0.25, 0.3) is 5.56 Å². The van der Waals surface area contributed by atoms with E-state index < -0.39 is 12.0 Å². The normalized spacial score (nSPS) is 15.6. The maximum Gasteiger partial charge on any atom is 0.338 e. The molecule has 34 heavy (non-hydrogen) atoms. The third-order valence-corrected chi connectivity index (χ3v) is 6.65. The molecule has 0 aliphatic carbocycles.